The van der Waals surface area contributed by atoms with E-state index in [4.69, 9.17) is 15.9 Å². The van der Waals surface area contributed by atoms with Gasteiger partial charge in [0, 0.05) is 12.0 Å². The zero-order valence-electron chi connectivity index (χ0n) is 26.0. The van der Waals surface area contributed by atoms with Crippen LogP contribution in [0.1, 0.15) is 58.9 Å². The molecule has 6 nitrogen and oxygen atoms in total. The predicted molar refractivity (Wildman–Crippen MR) is 181 cm³/mol. The highest BCUT2D eigenvalue weighted by molar-refractivity contribution is 7.94. The molecule has 0 bridgehead atoms. The van der Waals surface area contributed by atoms with E-state index in [2.05, 4.69) is 86.8 Å². The van der Waals surface area contributed by atoms with Gasteiger partial charge in [-0.2, -0.15) is 0 Å². The smallest absolute Gasteiger partial charge is 0.238 e. The molecule has 1 saturated heterocycles. The maximum atomic E-state index is 11.7. The number of aliphatic imine (C=N–C) groups is 1. The lowest BCUT2D eigenvalue weighted by molar-refractivity contribution is 0.219. The van der Waals surface area contributed by atoms with Crippen molar-refractivity contribution in [3.63, 3.8) is 0 Å². The van der Waals surface area contributed by atoms with E-state index in [1.165, 1.54) is 33.7 Å². The number of nitrogens with two attached hydrogens (primary N) is 2. The van der Waals surface area contributed by atoms with Crippen molar-refractivity contribution in [1.82, 2.24) is 4.31 Å². The van der Waals surface area contributed by atoms with Crippen molar-refractivity contribution < 1.29 is 8.42 Å². The summed E-state index contributed by atoms with van der Waals surface area (Å²) < 4.78 is 26.1. The van der Waals surface area contributed by atoms with Gasteiger partial charge in [0.15, 0.2) is 4.90 Å². The van der Waals surface area contributed by atoms with Gasteiger partial charge in [-0.25, -0.2) is 18.5 Å². The first kappa shape index (κ1) is 31.5. The Morgan fingerprint density at radius 2 is 1.81 bits per heavy atom. The molecule has 3 aliphatic rings. The molecule has 0 radical (unpaired) electrons. The minimum atomic E-state index is -3.76. The number of hydrogen-bond acceptors (Lipinski definition) is 5. The maximum absolute atomic E-state index is 11.7. The average molecular weight is 618 g/mol. The fourth-order valence-corrected chi connectivity index (χ4v) is 8.44. The lowest BCUT2D eigenvalue weighted by atomic mass is 9.64. The summed E-state index contributed by atoms with van der Waals surface area (Å²) in [4.78, 5) is 6.36. The molecule has 1 aliphatic heterocycles. The van der Waals surface area contributed by atoms with Crippen LogP contribution in [0.2, 0.25) is 0 Å². The molecule has 3 atom stereocenters. The molecule has 1 heterocycles. The Morgan fingerprint density at radius 1 is 1.12 bits per heavy atom. The summed E-state index contributed by atoms with van der Waals surface area (Å²) in [5.74, 6) is 0.571. The van der Waals surface area contributed by atoms with Crippen LogP contribution in [0.4, 0.5) is 5.69 Å². The molecule has 5 rings (SSSR count). The highest BCUT2D eigenvalue weighted by Crippen LogP contribution is 2.50. The van der Waals surface area contributed by atoms with Crippen LogP contribution < -0.4 is 10.9 Å². The predicted octanol–water partition coefficient (Wildman–Crippen LogP) is 6.70. The maximum Gasteiger partial charge on any atom is 0.238 e. The summed E-state index contributed by atoms with van der Waals surface area (Å²) in [6.45, 7) is 11.0. The molecular weight excluding hydrogens is 573 g/mol. The van der Waals surface area contributed by atoms with Crippen molar-refractivity contribution in [2.75, 3.05) is 19.3 Å². The first-order valence-corrected chi connectivity index (χ1v) is 18.1. The van der Waals surface area contributed by atoms with Crippen LogP contribution in [0.15, 0.2) is 111 Å². The molecule has 1 fully saturated rings. The Hall–Kier alpha value is -2.91. The Labute approximate surface area is 260 Å². The van der Waals surface area contributed by atoms with Crippen molar-refractivity contribution in [2.24, 2.45) is 27.2 Å². The largest absolute Gasteiger partial charge is 0.404 e. The van der Waals surface area contributed by atoms with Crippen LogP contribution in [0.3, 0.4) is 0 Å². The molecule has 2 aliphatic carbocycles. The normalized spacial score (nSPS) is 25.8. The molecule has 0 spiro atoms. The van der Waals surface area contributed by atoms with Crippen molar-refractivity contribution in [1.29, 1.82) is 0 Å². The summed E-state index contributed by atoms with van der Waals surface area (Å²) in [5.41, 5.74) is 13.0. The fraction of sp³-hybridized carbons (Fsp3) is 0.400. The van der Waals surface area contributed by atoms with E-state index in [9.17, 15) is 8.42 Å². The number of sulfonamides is 1. The van der Waals surface area contributed by atoms with E-state index >= 15 is 0 Å². The standard InChI is InChI=1S/C35H45N4O2S2/c1-25-6-8-26(9-7-25)21-35-22-27(23-36)33(38-30-12-16-32(17-13-30)43(37,40)41)20-29(35)18-19-39(24-35)42(5)31-14-10-28(11-15-31)34(2,3)4/h6,8-17,20,23,25H,7,18-19,21-22,24,36H2,1-5H3,(H2,37,40,41)/q+1. The van der Waals surface area contributed by atoms with Crippen LogP contribution in [0.5, 0.6) is 0 Å². The van der Waals surface area contributed by atoms with Crippen LogP contribution in [0.25, 0.3) is 0 Å². The Balaban J connectivity index is 1.48. The number of nitrogens with zero attached hydrogens (tertiary/aromatic N) is 2. The number of fused-ring (bicyclic) bond motifs is 1. The second-order valence-corrected chi connectivity index (χ2v) is 16.8. The molecule has 2 aromatic rings. The number of hydrogen-bond donors (Lipinski definition) is 2. The zero-order valence-corrected chi connectivity index (χ0v) is 27.6. The third-order valence-electron chi connectivity index (χ3n) is 8.96. The van der Waals surface area contributed by atoms with Gasteiger partial charge in [0.25, 0.3) is 0 Å². The Kier molecular flexibility index (Phi) is 8.96. The van der Waals surface area contributed by atoms with Gasteiger partial charge in [-0.1, -0.05) is 69.2 Å². The first-order chi connectivity index (χ1) is 20.3. The van der Waals surface area contributed by atoms with E-state index < -0.39 is 10.0 Å². The van der Waals surface area contributed by atoms with Gasteiger partial charge in [-0.3, -0.25) is 0 Å². The summed E-state index contributed by atoms with van der Waals surface area (Å²) in [6.07, 6.45) is 17.2. The highest BCUT2D eigenvalue weighted by atomic mass is 32.2. The van der Waals surface area contributed by atoms with Gasteiger partial charge >= 0.3 is 0 Å². The summed E-state index contributed by atoms with van der Waals surface area (Å²) in [7, 11) is -3.76. The SMILES string of the molecule is CC1C=CC(CC23CC(=CN)C(=Nc4ccc(S(N)(=O)=O)cc4)C=C2CCN([S+](C)c2ccc(C(C)(C)C)cc2)C3)=CC1. The van der Waals surface area contributed by atoms with Gasteiger partial charge in [-0.05, 0) is 96.8 Å². The number of piperidine rings is 1. The number of benzene rings is 2. The average Bonchev–Trinajstić information content (AvgIpc) is 2.97. The van der Waals surface area contributed by atoms with E-state index in [-0.39, 0.29) is 26.8 Å². The molecule has 43 heavy (non-hydrogen) atoms. The van der Waals surface area contributed by atoms with Gasteiger partial charge < -0.3 is 5.73 Å². The van der Waals surface area contributed by atoms with Gasteiger partial charge in [0.05, 0.1) is 22.8 Å². The van der Waals surface area contributed by atoms with Crippen LogP contribution in [-0.4, -0.2) is 37.8 Å². The van der Waals surface area contributed by atoms with E-state index in [1.54, 1.807) is 18.3 Å². The number of rotatable bonds is 6. The molecule has 0 aromatic heterocycles. The summed E-state index contributed by atoms with van der Waals surface area (Å²) in [5, 5.41) is 5.29. The molecule has 8 heteroatoms. The molecule has 228 valence electrons. The Bertz CT molecular complexity index is 1610. The second-order valence-electron chi connectivity index (χ2n) is 13.2. The third kappa shape index (κ3) is 7.09. The molecule has 3 unspecified atom stereocenters. The number of allylic oxidation sites excluding steroid dienone is 6. The van der Waals surface area contributed by atoms with Crippen molar-refractivity contribution in [3.8, 4) is 0 Å². The summed E-state index contributed by atoms with van der Waals surface area (Å²) >= 11 is -0.0429. The molecular formula is C35H45N4O2S2+. The molecule has 2 aromatic carbocycles. The van der Waals surface area contributed by atoms with Crippen LogP contribution >= 0.6 is 0 Å². The monoisotopic (exact) mass is 617 g/mol. The second kappa shape index (κ2) is 12.2. The van der Waals surface area contributed by atoms with Crippen molar-refractivity contribution >= 4 is 32.5 Å². The van der Waals surface area contributed by atoms with E-state index in [0.717, 1.165) is 50.1 Å². The summed E-state index contributed by atoms with van der Waals surface area (Å²) in [6, 6.07) is 15.6. The minimum Gasteiger partial charge on any atom is -0.404 e. The van der Waals surface area contributed by atoms with Crippen molar-refractivity contribution in [3.05, 3.63) is 101 Å². The topological polar surface area (TPSA) is 102 Å². The highest BCUT2D eigenvalue weighted by Gasteiger charge is 2.47. The molecule has 0 saturated carbocycles. The van der Waals surface area contributed by atoms with E-state index in [1.807, 2.05) is 0 Å². The molecule has 4 N–H and O–H groups in total. The van der Waals surface area contributed by atoms with Crippen LogP contribution in [0, 0.1) is 11.3 Å². The lowest BCUT2D eigenvalue weighted by Crippen LogP contribution is -2.49. The van der Waals surface area contributed by atoms with Gasteiger partial charge in [0.2, 0.25) is 10.0 Å². The van der Waals surface area contributed by atoms with Gasteiger partial charge in [-0.15, -0.1) is 4.31 Å². The van der Waals surface area contributed by atoms with Crippen LogP contribution in [-0.2, 0) is 26.5 Å². The zero-order chi connectivity index (χ0) is 31.0. The fourth-order valence-electron chi connectivity index (χ4n) is 6.29. The van der Waals surface area contributed by atoms with E-state index in [0.29, 0.717) is 11.6 Å². The third-order valence-corrected chi connectivity index (χ3v) is 11.9. The molecule has 0 amide bonds. The van der Waals surface area contributed by atoms with Gasteiger partial charge in [0.1, 0.15) is 17.3 Å². The quantitative estimate of drug-likeness (QED) is 0.352. The van der Waals surface area contributed by atoms with Crippen molar-refractivity contribution in [2.45, 2.75) is 68.6 Å². The lowest BCUT2D eigenvalue weighted by Gasteiger charge is -2.46. The first-order valence-electron chi connectivity index (χ1n) is 15.0. The minimum absolute atomic E-state index is 0.0429. The number of primary sulfonamides is 1. The Morgan fingerprint density at radius 3 is 2.40 bits per heavy atom.